The molecule has 0 fully saturated rings. The average Bonchev–Trinajstić information content (AvgIpc) is 2.86. The van der Waals surface area contributed by atoms with Crippen molar-refractivity contribution < 1.29 is 0 Å². The maximum Gasteiger partial charge on any atom is -0.00258 e. The van der Waals surface area contributed by atoms with E-state index < -0.39 is 0 Å². The zero-order valence-electron chi connectivity index (χ0n) is 23.1. The second-order valence-electron chi connectivity index (χ2n) is 6.42. The molecule has 3 aromatic rings. The van der Waals surface area contributed by atoms with Gasteiger partial charge in [0.2, 0.25) is 0 Å². The molecular formula is C32H54. The Labute approximate surface area is 203 Å². The second-order valence-corrected chi connectivity index (χ2v) is 6.42. The molecule has 0 N–H and O–H groups in total. The molecule has 0 aliphatic heterocycles. The highest BCUT2D eigenvalue weighted by atomic mass is 14.0. The summed E-state index contributed by atoms with van der Waals surface area (Å²) in [6.45, 7) is 20.8. The van der Waals surface area contributed by atoms with Crippen LogP contribution in [0.1, 0.15) is 99.6 Å². The van der Waals surface area contributed by atoms with Crippen molar-refractivity contribution >= 4 is 0 Å². The second kappa shape index (κ2) is 39.2. The van der Waals surface area contributed by atoms with Crippen LogP contribution >= 0.6 is 0 Å². The summed E-state index contributed by atoms with van der Waals surface area (Å²) in [7, 11) is 0. The van der Waals surface area contributed by atoms with E-state index in [1.54, 1.807) is 0 Å². The van der Waals surface area contributed by atoms with Crippen LogP contribution in [-0.2, 0) is 6.42 Å². The lowest BCUT2D eigenvalue weighted by atomic mass is 10.1. The minimum absolute atomic E-state index is 1.03. The van der Waals surface area contributed by atoms with Crippen LogP contribution < -0.4 is 0 Å². The van der Waals surface area contributed by atoms with Gasteiger partial charge in [-0.05, 0) is 17.5 Å². The molecule has 0 heterocycles. The van der Waals surface area contributed by atoms with E-state index in [9.17, 15) is 0 Å². The lowest BCUT2D eigenvalue weighted by Crippen LogP contribution is -1.85. The highest BCUT2D eigenvalue weighted by Crippen LogP contribution is 2.07. The fourth-order valence-electron chi connectivity index (χ4n) is 1.81. The summed E-state index contributed by atoms with van der Waals surface area (Å²) in [5, 5.41) is 0. The number of benzene rings is 3. The minimum Gasteiger partial charge on any atom is -0.0683 e. The molecule has 0 nitrogen and oxygen atoms in total. The largest absolute Gasteiger partial charge is 0.0683 e. The van der Waals surface area contributed by atoms with Gasteiger partial charge in [0, 0.05) is 0 Å². The van der Waals surface area contributed by atoms with Crippen molar-refractivity contribution in [1.82, 2.24) is 0 Å². The van der Waals surface area contributed by atoms with Gasteiger partial charge in [0.1, 0.15) is 0 Å². The SMILES string of the molecule is CC.CC.CCC.CCC.CCC.c1ccc(Cc2ccccc2)cc1.c1ccccc1. The fourth-order valence-corrected chi connectivity index (χ4v) is 1.81. The third-order valence-electron chi connectivity index (χ3n) is 2.76. The molecule has 0 saturated carbocycles. The first kappa shape index (κ1) is 37.0. The maximum absolute atomic E-state index is 2.16. The Bertz CT molecular complexity index is 516. The first-order valence-corrected chi connectivity index (χ1v) is 12.8. The molecule has 32 heavy (non-hydrogen) atoms. The monoisotopic (exact) mass is 438 g/mol. The first-order chi connectivity index (χ1) is 15.7. The van der Waals surface area contributed by atoms with Crippen molar-refractivity contribution in [3.63, 3.8) is 0 Å². The van der Waals surface area contributed by atoms with Gasteiger partial charge in [0.25, 0.3) is 0 Å². The van der Waals surface area contributed by atoms with Gasteiger partial charge in [-0.25, -0.2) is 0 Å². The first-order valence-electron chi connectivity index (χ1n) is 12.8. The van der Waals surface area contributed by atoms with Gasteiger partial charge in [-0.3, -0.25) is 0 Å². The molecule has 182 valence electrons. The molecule has 3 aromatic carbocycles. The normalized spacial score (nSPS) is 7.56. The van der Waals surface area contributed by atoms with Crippen LogP contribution in [0, 0.1) is 0 Å². The number of hydrogen-bond donors (Lipinski definition) is 0. The predicted octanol–water partition coefficient (Wildman–Crippen LogP) is 11.3. The summed E-state index contributed by atoms with van der Waals surface area (Å²) < 4.78 is 0. The van der Waals surface area contributed by atoms with Crippen molar-refractivity contribution in [2.45, 2.75) is 94.9 Å². The third-order valence-corrected chi connectivity index (χ3v) is 2.76. The van der Waals surface area contributed by atoms with E-state index in [1.807, 2.05) is 64.1 Å². The molecule has 0 radical (unpaired) electrons. The summed E-state index contributed by atoms with van der Waals surface area (Å²) in [5.74, 6) is 0. The van der Waals surface area contributed by atoms with Crippen LogP contribution in [0.25, 0.3) is 0 Å². The molecule has 0 unspecified atom stereocenters. The van der Waals surface area contributed by atoms with E-state index in [0.29, 0.717) is 0 Å². The smallest absolute Gasteiger partial charge is 0.00258 e. The Kier molecular flexibility index (Phi) is 45.3. The van der Waals surface area contributed by atoms with Gasteiger partial charge in [-0.1, -0.05) is 186 Å². The molecule has 0 amide bonds. The lowest BCUT2D eigenvalue weighted by molar-refractivity contribution is 1.09. The van der Waals surface area contributed by atoms with E-state index >= 15 is 0 Å². The standard InChI is InChI=1S/C13H12.C6H6.3C3H8.2C2H6/c1-3-7-12(8-4-1)11-13-9-5-2-6-10-13;1-2-4-6-5-3-1;3*1-3-2;2*1-2/h1-10H,11H2;1-6H;3*3H2,1-2H3;2*1-2H3. The molecule has 0 aromatic heterocycles. The molecule has 0 spiro atoms. The van der Waals surface area contributed by atoms with Crippen LogP contribution in [0.4, 0.5) is 0 Å². The Morgan fingerprint density at radius 2 is 0.500 bits per heavy atom. The Morgan fingerprint density at radius 1 is 0.344 bits per heavy atom. The van der Waals surface area contributed by atoms with Gasteiger partial charge in [-0.15, -0.1) is 0 Å². The molecule has 0 bridgehead atoms. The van der Waals surface area contributed by atoms with Crippen LogP contribution in [-0.4, -0.2) is 0 Å². The third kappa shape index (κ3) is 35.1. The van der Waals surface area contributed by atoms with E-state index in [1.165, 1.54) is 30.4 Å². The highest BCUT2D eigenvalue weighted by Gasteiger charge is 1.92. The van der Waals surface area contributed by atoms with Gasteiger partial charge < -0.3 is 0 Å². The van der Waals surface area contributed by atoms with E-state index in [0.717, 1.165) is 6.42 Å². The summed E-state index contributed by atoms with van der Waals surface area (Å²) in [6, 6.07) is 33.1. The molecule has 0 aliphatic rings. The summed E-state index contributed by atoms with van der Waals surface area (Å²) >= 11 is 0. The van der Waals surface area contributed by atoms with E-state index in [-0.39, 0.29) is 0 Å². The van der Waals surface area contributed by atoms with Gasteiger partial charge in [0.15, 0.2) is 0 Å². The molecule has 0 saturated heterocycles. The topological polar surface area (TPSA) is 0 Å². The molecule has 0 aliphatic carbocycles. The molecule has 0 atom stereocenters. The Balaban J connectivity index is -0.000000174. The minimum atomic E-state index is 1.03. The fraction of sp³-hybridized carbons (Fsp3) is 0.438. The van der Waals surface area contributed by atoms with Crippen molar-refractivity contribution in [1.29, 1.82) is 0 Å². The quantitative estimate of drug-likeness (QED) is 0.373. The molecule has 3 rings (SSSR count). The zero-order chi connectivity index (χ0) is 25.3. The summed E-state index contributed by atoms with van der Waals surface area (Å²) in [5.41, 5.74) is 2.74. The van der Waals surface area contributed by atoms with Crippen molar-refractivity contribution in [3.8, 4) is 0 Å². The van der Waals surface area contributed by atoms with E-state index in [4.69, 9.17) is 0 Å². The molecular weight excluding hydrogens is 384 g/mol. The van der Waals surface area contributed by atoms with Crippen molar-refractivity contribution in [2.75, 3.05) is 0 Å². The number of rotatable bonds is 2. The van der Waals surface area contributed by atoms with Crippen LogP contribution in [0.3, 0.4) is 0 Å². The molecule has 0 heteroatoms. The zero-order valence-corrected chi connectivity index (χ0v) is 23.1. The van der Waals surface area contributed by atoms with Crippen LogP contribution in [0.5, 0.6) is 0 Å². The summed E-state index contributed by atoms with van der Waals surface area (Å²) in [4.78, 5) is 0. The highest BCUT2D eigenvalue weighted by molar-refractivity contribution is 5.25. The van der Waals surface area contributed by atoms with Gasteiger partial charge >= 0.3 is 0 Å². The van der Waals surface area contributed by atoms with Gasteiger partial charge in [-0.2, -0.15) is 0 Å². The van der Waals surface area contributed by atoms with Crippen molar-refractivity contribution in [3.05, 3.63) is 108 Å². The average molecular weight is 439 g/mol. The maximum atomic E-state index is 2.16. The van der Waals surface area contributed by atoms with Crippen LogP contribution in [0.15, 0.2) is 97.1 Å². The summed E-state index contributed by atoms with van der Waals surface area (Å²) in [6.07, 6.45) is 4.78. The predicted molar refractivity (Wildman–Crippen MR) is 153 cm³/mol. The van der Waals surface area contributed by atoms with E-state index in [2.05, 4.69) is 102 Å². The van der Waals surface area contributed by atoms with Crippen LogP contribution in [0.2, 0.25) is 0 Å². The number of hydrogen-bond acceptors (Lipinski definition) is 0. The van der Waals surface area contributed by atoms with Crippen molar-refractivity contribution in [2.24, 2.45) is 0 Å². The lowest BCUT2D eigenvalue weighted by Gasteiger charge is -2.00. The Hall–Kier alpha value is -2.34. The Morgan fingerprint density at radius 3 is 0.688 bits per heavy atom. The van der Waals surface area contributed by atoms with Gasteiger partial charge in [0.05, 0.1) is 0 Å².